The maximum atomic E-state index is 13.2. The Balaban J connectivity index is 1.59. The van der Waals surface area contributed by atoms with E-state index in [0.717, 1.165) is 30.2 Å². The summed E-state index contributed by atoms with van der Waals surface area (Å²) in [5.74, 6) is 1.77. The van der Waals surface area contributed by atoms with Crippen molar-refractivity contribution in [2.45, 2.75) is 38.9 Å². The molecule has 0 aromatic carbocycles. The van der Waals surface area contributed by atoms with Gasteiger partial charge in [0.15, 0.2) is 5.78 Å². The van der Waals surface area contributed by atoms with Crippen LogP contribution in [0.25, 0.3) is 0 Å². The topological polar surface area (TPSA) is 98.7 Å². The second kappa shape index (κ2) is 9.57. The summed E-state index contributed by atoms with van der Waals surface area (Å²) < 4.78 is 16.5. The van der Waals surface area contributed by atoms with Crippen LogP contribution in [0.5, 0.6) is 5.88 Å². The normalized spacial score (nSPS) is 21.2. The fourth-order valence-corrected chi connectivity index (χ4v) is 4.11. The van der Waals surface area contributed by atoms with E-state index in [4.69, 9.17) is 19.2 Å². The molecule has 0 aliphatic carbocycles. The number of aromatic nitrogens is 3. The van der Waals surface area contributed by atoms with E-state index in [2.05, 4.69) is 34.3 Å². The van der Waals surface area contributed by atoms with Crippen molar-refractivity contribution in [1.82, 2.24) is 15.2 Å². The minimum absolute atomic E-state index is 0.00576. The third kappa shape index (κ3) is 5.11. The number of ketones is 1. The third-order valence-electron chi connectivity index (χ3n) is 5.50. The van der Waals surface area contributed by atoms with Crippen LogP contribution >= 0.6 is 0 Å². The number of methoxy groups -OCH3 is 1. The van der Waals surface area contributed by atoms with Gasteiger partial charge in [-0.25, -0.2) is 4.98 Å². The second-order valence-corrected chi connectivity index (χ2v) is 7.97. The molecule has 2 aliphatic heterocycles. The zero-order chi connectivity index (χ0) is 21.8. The number of fused-ring (bicyclic) bond motifs is 1. The molecule has 0 bridgehead atoms. The lowest BCUT2D eigenvalue weighted by molar-refractivity contribution is -0.00547. The Labute approximate surface area is 182 Å². The summed E-state index contributed by atoms with van der Waals surface area (Å²) >= 11 is 0. The largest absolute Gasteiger partial charge is 0.480 e. The monoisotopic (exact) mass is 427 g/mol. The van der Waals surface area contributed by atoms with Crippen LogP contribution in [0.2, 0.25) is 0 Å². The molecule has 4 rings (SSSR count). The minimum Gasteiger partial charge on any atom is -0.480 e. The van der Waals surface area contributed by atoms with Crippen LogP contribution in [-0.4, -0.2) is 73.1 Å². The van der Waals surface area contributed by atoms with E-state index in [1.54, 1.807) is 12.1 Å². The quantitative estimate of drug-likeness (QED) is 0.693. The molecule has 0 spiro atoms. The summed E-state index contributed by atoms with van der Waals surface area (Å²) in [6.45, 7) is 6.95. The number of nitrogens with one attached hydrogen (secondary N) is 1. The van der Waals surface area contributed by atoms with Gasteiger partial charge in [-0.2, -0.15) is 0 Å². The van der Waals surface area contributed by atoms with Crippen LogP contribution < -0.4 is 15.0 Å². The van der Waals surface area contributed by atoms with Gasteiger partial charge in [-0.15, -0.1) is 10.2 Å². The molecule has 1 N–H and O–H groups in total. The third-order valence-corrected chi connectivity index (χ3v) is 5.50. The van der Waals surface area contributed by atoms with Crippen LogP contribution in [0.3, 0.4) is 0 Å². The van der Waals surface area contributed by atoms with Crippen LogP contribution in [0.15, 0.2) is 18.2 Å². The molecule has 0 saturated carbocycles. The zero-order valence-corrected chi connectivity index (χ0v) is 18.3. The van der Waals surface area contributed by atoms with Crippen LogP contribution in [0.1, 0.15) is 35.5 Å². The molecule has 9 nitrogen and oxygen atoms in total. The molecule has 2 aromatic heterocycles. The molecule has 1 saturated heterocycles. The van der Waals surface area contributed by atoms with Gasteiger partial charge in [0.2, 0.25) is 5.88 Å². The lowest BCUT2D eigenvalue weighted by atomic mass is 9.98. The predicted octanol–water partition coefficient (Wildman–Crippen LogP) is 1.90. The molecule has 31 heavy (non-hydrogen) atoms. The number of rotatable bonds is 6. The van der Waals surface area contributed by atoms with Crippen molar-refractivity contribution in [2.75, 3.05) is 50.2 Å². The van der Waals surface area contributed by atoms with Crippen molar-refractivity contribution < 1.29 is 19.0 Å². The minimum atomic E-state index is -0.00576. The van der Waals surface area contributed by atoms with Gasteiger partial charge in [-0.05, 0) is 38.0 Å². The summed E-state index contributed by atoms with van der Waals surface area (Å²) in [4.78, 5) is 20.4. The average molecular weight is 428 g/mol. The van der Waals surface area contributed by atoms with Crippen molar-refractivity contribution in [3.63, 3.8) is 0 Å². The molecule has 2 aromatic rings. The summed E-state index contributed by atoms with van der Waals surface area (Å²) in [7, 11) is 1.53. The number of carbonyl (C=O) groups is 1. The van der Waals surface area contributed by atoms with E-state index in [-0.39, 0.29) is 24.5 Å². The zero-order valence-electron chi connectivity index (χ0n) is 18.3. The second-order valence-electron chi connectivity index (χ2n) is 7.97. The SMILES string of the molecule is COc1ccc(NCC(=O)c2cc(N3C[C@@H](C)O[C@@H](C)C3)nc3c2CCOCC3)nn1. The highest BCUT2D eigenvalue weighted by molar-refractivity contribution is 6.01. The average Bonchev–Trinajstić information content (AvgIpc) is 3.02. The number of anilines is 2. The Morgan fingerprint density at radius 2 is 1.97 bits per heavy atom. The summed E-state index contributed by atoms with van der Waals surface area (Å²) in [6, 6.07) is 5.37. The lowest BCUT2D eigenvalue weighted by Crippen LogP contribution is -2.46. The van der Waals surface area contributed by atoms with Gasteiger partial charge in [0.1, 0.15) is 11.6 Å². The van der Waals surface area contributed by atoms with Crippen LogP contribution in [0.4, 0.5) is 11.6 Å². The number of nitrogens with zero attached hydrogens (tertiary/aromatic N) is 4. The predicted molar refractivity (Wildman–Crippen MR) is 116 cm³/mol. The van der Waals surface area contributed by atoms with Crippen LogP contribution in [-0.2, 0) is 22.3 Å². The fourth-order valence-electron chi connectivity index (χ4n) is 4.11. The number of ether oxygens (including phenoxy) is 3. The van der Waals surface area contributed by atoms with E-state index in [1.807, 2.05) is 6.07 Å². The number of morpholine rings is 1. The van der Waals surface area contributed by atoms with E-state index in [9.17, 15) is 4.79 Å². The van der Waals surface area contributed by atoms with E-state index in [1.165, 1.54) is 7.11 Å². The van der Waals surface area contributed by atoms with Gasteiger partial charge in [-0.3, -0.25) is 4.79 Å². The Bertz CT molecular complexity index is 911. The van der Waals surface area contributed by atoms with Gasteiger partial charge >= 0.3 is 0 Å². The van der Waals surface area contributed by atoms with Crippen molar-refractivity contribution in [3.05, 3.63) is 35.0 Å². The van der Waals surface area contributed by atoms with Crippen molar-refractivity contribution in [3.8, 4) is 5.88 Å². The maximum Gasteiger partial charge on any atom is 0.233 e. The Morgan fingerprint density at radius 3 is 2.68 bits per heavy atom. The number of hydrogen-bond donors (Lipinski definition) is 1. The van der Waals surface area contributed by atoms with E-state index < -0.39 is 0 Å². The first-order valence-corrected chi connectivity index (χ1v) is 10.7. The number of carbonyl (C=O) groups excluding carboxylic acids is 1. The number of hydrogen-bond acceptors (Lipinski definition) is 9. The molecule has 0 amide bonds. The lowest BCUT2D eigenvalue weighted by Gasteiger charge is -2.36. The Kier molecular flexibility index (Phi) is 6.62. The first-order chi connectivity index (χ1) is 15.0. The molecule has 0 radical (unpaired) electrons. The van der Waals surface area contributed by atoms with E-state index in [0.29, 0.717) is 43.3 Å². The Hall–Kier alpha value is -2.78. The highest BCUT2D eigenvalue weighted by Gasteiger charge is 2.26. The fraction of sp³-hybridized carbons (Fsp3) is 0.545. The summed E-state index contributed by atoms with van der Waals surface area (Å²) in [5, 5.41) is 11.0. The number of Topliss-reactive ketones (excluding diaryl/α,β-unsaturated/α-hetero) is 1. The smallest absolute Gasteiger partial charge is 0.233 e. The maximum absolute atomic E-state index is 13.2. The number of pyridine rings is 1. The van der Waals surface area contributed by atoms with Crippen molar-refractivity contribution in [2.24, 2.45) is 0 Å². The van der Waals surface area contributed by atoms with Gasteiger partial charge in [0.25, 0.3) is 0 Å². The molecular weight excluding hydrogens is 398 g/mol. The molecule has 1 fully saturated rings. The van der Waals surface area contributed by atoms with E-state index >= 15 is 0 Å². The highest BCUT2D eigenvalue weighted by Crippen LogP contribution is 2.26. The van der Waals surface area contributed by atoms with Gasteiger partial charge in [0, 0.05) is 36.8 Å². The molecule has 2 aliphatic rings. The molecular formula is C22H29N5O4. The molecule has 9 heteroatoms. The van der Waals surface area contributed by atoms with Crippen molar-refractivity contribution in [1.29, 1.82) is 0 Å². The first-order valence-electron chi connectivity index (χ1n) is 10.7. The summed E-state index contributed by atoms with van der Waals surface area (Å²) in [5.41, 5.74) is 2.64. The standard InChI is InChI=1S/C22H29N5O4/c1-14-12-27(13-15(2)31-14)21-10-17(16-6-8-30-9-7-18(16)24-21)19(28)11-23-20-4-5-22(29-3)26-25-20/h4-5,10,14-15H,6-9,11-13H2,1-3H3,(H,23,25)/t14-,15+. The van der Waals surface area contributed by atoms with Crippen molar-refractivity contribution >= 4 is 17.4 Å². The molecule has 166 valence electrons. The molecule has 0 unspecified atom stereocenters. The molecule has 2 atom stereocenters. The highest BCUT2D eigenvalue weighted by atomic mass is 16.5. The van der Waals surface area contributed by atoms with Gasteiger partial charge in [-0.1, -0.05) is 0 Å². The van der Waals surface area contributed by atoms with Crippen LogP contribution in [0, 0.1) is 0 Å². The first kappa shape index (κ1) is 21.5. The van der Waals surface area contributed by atoms with Gasteiger partial charge in [0.05, 0.1) is 39.1 Å². The summed E-state index contributed by atoms with van der Waals surface area (Å²) in [6.07, 6.45) is 1.61. The Morgan fingerprint density at radius 1 is 1.19 bits per heavy atom. The van der Waals surface area contributed by atoms with Gasteiger partial charge < -0.3 is 24.4 Å². The molecule has 4 heterocycles.